The fourth-order valence-corrected chi connectivity index (χ4v) is 2.81. The topological polar surface area (TPSA) is 82.1 Å². The number of para-hydroxylation sites is 1. The van der Waals surface area contributed by atoms with Crippen LogP contribution in [0.1, 0.15) is 34.6 Å². The first kappa shape index (κ1) is 19.7. The molecule has 0 radical (unpaired) electrons. The van der Waals surface area contributed by atoms with Crippen LogP contribution in [0.3, 0.4) is 0 Å². The van der Waals surface area contributed by atoms with Gasteiger partial charge in [0, 0.05) is 24.6 Å². The molecule has 3 aromatic rings. The van der Waals surface area contributed by atoms with E-state index in [2.05, 4.69) is 0 Å². The molecule has 1 aromatic carbocycles. The maximum atomic E-state index is 12.5. The third-order valence-electron chi connectivity index (χ3n) is 4.28. The number of rotatable bonds is 8. The molecular weight excluding hydrogens is 362 g/mol. The van der Waals surface area contributed by atoms with E-state index in [0.29, 0.717) is 30.1 Å². The van der Waals surface area contributed by atoms with Gasteiger partial charge in [-0.05, 0) is 32.0 Å². The molecule has 0 aliphatic rings. The second kappa shape index (κ2) is 8.75. The van der Waals surface area contributed by atoms with Crippen molar-refractivity contribution in [1.82, 2.24) is 4.90 Å². The Morgan fingerprint density at radius 1 is 1.11 bits per heavy atom. The van der Waals surface area contributed by atoms with E-state index in [0.717, 1.165) is 11.1 Å². The first-order valence-electron chi connectivity index (χ1n) is 9.04. The molecule has 0 saturated heterocycles. The minimum atomic E-state index is -0.693. The lowest BCUT2D eigenvalue weighted by atomic mass is 10.1. The summed E-state index contributed by atoms with van der Waals surface area (Å²) in [5.74, 6) is 0.461. The van der Waals surface area contributed by atoms with Crippen molar-refractivity contribution in [3.8, 4) is 0 Å². The largest absolute Gasteiger partial charge is 0.464 e. The zero-order valence-electron chi connectivity index (χ0n) is 16.2. The highest BCUT2D eigenvalue weighted by atomic mass is 16.5. The number of fused-ring (bicyclic) bond motifs is 1. The molecule has 0 saturated carbocycles. The van der Waals surface area contributed by atoms with Crippen LogP contribution in [0.5, 0.6) is 0 Å². The van der Waals surface area contributed by atoms with Gasteiger partial charge in [0.1, 0.15) is 17.1 Å². The van der Waals surface area contributed by atoms with Gasteiger partial charge in [0.15, 0.2) is 6.61 Å². The van der Waals surface area contributed by atoms with E-state index < -0.39 is 5.97 Å². The van der Waals surface area contributed by atoms with E-state index >= 15 is 0 Å². The van der Waals surface area contributed by atoms with Crippen LogP contribution in [-0.2, 0) is 27.4 Å². The molecule has 148 valence electrons. The molecule has 0 spiro atoms. The van der Waals surface area contributed by atoms with Crippen molar-refractivity contribution >= 4 is 22.8 Å². The first-order chi connectivity index (χ1) is 13.5. The minimum absolute atomic E-state index is 0.0618. The monoisotopic (exact) mass is 385 g/mol. The van der Waals surface area contributed by atoms with Gasteiger partial charge in [-0.1, -0.05) is 18.2 Å². The zero-order valence-corrected chi connectivity index (χ0v) is 16.2. The summed E-state index contributed by atoms with van der Waals surface area (Å²) in [6.45, 7) is 4.34. The van der Waals surface area contributed by atoms with Gasteiger partial charge in [-0.15, -0.1) is 0 Å². The van der Waals surface area contributed by atoms with Crippen molar-refractivity contribution in [2.24, 2.45) is 0 Å². The van der Waals surface area contributed by atoms with Gasteiger partial charge in [0.2, 0.25) is 5.76 Å². The molecule has 0 atom stereocenters. The summed E-state index contributed by atoms with van der Waals surface area (Å²) in [7, 11) is 1.62. The van der Waals surface area contributed by atoms with Gasteiger partial charge in [0.05, 0.1) is 13.2 Å². The Labute approximate surface area is 162 Å². The Bertz CT molecular complexity index is 970. The quantitative estimate of drug-likeness (QED) is 0.550. The number of aryl methyl sites for hydroxylation is 1. The van der Waals surface area contributed by atoms with Crippen molar-refractivity contribution in [1.29, 1.82) is 0 Å². The van der Waals surface area contributed by atoms with Gasteiger partial charge in [-0.2, -0.15) is 0 Å². The van der Waals surface area contributed by atoms with Crippen molar-refractivity contribution in [2.45, 2.75) is 27.0 Å². The van der Waals surface area contributed by atoms with Crippen molar-refractivity contribution in [3.05, 3.63) is 59.2 Å². The molecule has 0 unspecified atom stereocenters. The number of esters is 1. The van der Waals surface area contributed by atoms with Gasteiger partial charge in [-0.25, -0.2) is 4.79 Å². The summed E-state index contributed by atoms with van der Waals surface area (Å²) in [4.78, 5) is 26.2. The van der Waals surface area contributed by atoms with E-state index in [9.17, 15) is 9.59 Å². The number of carbonyl (C=O) groups excluding carboxylic acids is 2. The second-order valence-corrected chi connectivity index (χ2v) is 6.38. The number of hydrogen-bond donors (Lipinski definition) is 0. The molecule has 3 rings (SSSR count). The first-order valence-corrected chi connectivity index (χ1v) is 9.04. The molecule has 2 heterocycles. The predicted molar refractivity (Wildman–Crippen MR) is 102 cm³/mol. The minimum Gasteiger partial charge on any atom is -0.464 e. The van der Waals surface area contributed by atoms with E-state index in [-0.39, 0.29) is 24.9 Å². The van der Waals surface area contributed by atoms with Gasteiger partial charge >= 0.3 is 5.97 Å². The highest BCUT2D eigenvalue weighted by molar-refractivity contribution is 5.96. The van der Waals surface area contributed by atoms with E-state index in [4.69, 9.17) is 18.3 Å². The molecule has 0 N–H and O–H groups in total. The Morgan fingerprint density at radius 3 is 2.61 bits per heavy atom. The molecule has 7 nitrogen and oxygen atoms in total. The number of ether oxygens (including phenoxy) is 2. The van der Waals surface area contributed by atoms with Crippen LogP contribution in [0.4, 0.5) is 0 Å². The highest BCUT2D eigenvalue weighted by Crippen LogP contribution is 2.27. The number of likely N-dealkylation sites (N-methyl/N-ethyl adjacent to an activating group) is 1. The molecule has 7 heteroatoms. The van der Waals surface area contributed by atoms with E-state index in [1.54, 1.807) is 19.2 Å². The number of furan rings is 2. The fourth-order valence-electron chi connectivity index (χ4n) is 2.81. The summed E-state index contributed by atoms with van der Waals surface area (Å²) in [5.41, 5.74) is 1.19. The number of nitrogens with zero attached hydrogens (tertiary/aromatic N) is 1. The zero-order chi connectivity index (χ0) is 20.1. The van der Waals surface area contributed by atoms with Crippen molar-refractivity contribution < 1.29 is 27.9 Å². The molecule has 28 heavy (non-hydrogen) atoms. The number of amides is 1. The summed E-state index contributed by atoms with van der Waals surface area (Å²) in [5, 5.41) is 0.791. The number of carbonyl (C=O) groups is 2. The van der Waals surface area contributed by atoms with Crippen molar-refractivity contribution in [2.75, 3.05) is 20.3 Å². The van der Waals surface area contributed by atoms with Crippen LogP contribution >= 0.6 is 0 Å². The molecule has 0 bridgehead atoms. The summed E-state index contributed by atoms with van der Waals surface area (Å²) in [6, 6.07) is 10.9. The molecule has 0 fully saturated rings. The average molecular weight is 385 g/mol. The number of hydrogen-bond acceptors (Lipinski definition) is 6. The van der Waals surface area contributed by atoms with E-state index in [1.807, 2.05) is 38.1 Å². The summed E-state index contributed by atoms with van der Waals surface area (Å²) >= 11 is 0. The highest BCUT2D eigenvalue weighted by Gasteiger charge is 2.23. The molecular formula is C21H23NO6. The Hall–Kier alpha value is -3.06. The number of benzene rings is 1. The maximum absolute atomic E-state index is 12.5. The normalized spacial score (nSPS) is 11.0. The van der Waals surface area contributed by atoms with Crippen LogP contribution in [0.15, 0.2) is 45.2 Å². The Morgan fingerprint density at radius 2 is 1.89 bits per heavy atom. The third kappa shape index (κ3) is 4.43. The van der Waals surface area contributed by atoms with Gasteiger partial charge in [-0.3, -0.25) is 4.79 Å². The smallest absolute Gasteiger partial charge is 0.375 e. The van der Waals surface area contributed by atoms with Crippen LogP contribution in [0.25, 0.3) is 11.0 Å². The summed E-state index contributed by atoms with van der Waals surface area (Å²) in [6.07, 6.45) is 0. The van der Waals surface area contributed by atoms with Gasteiger partial charge < -0.3 is 23.2 Å². The third-order valence-corrected chi connectivity index (χ3v) is 4.28. The van der Waals surface area contributed by atoms with Crippen LogP contribution in [-0.4, -0.2) is 37.0 Å². The SMILES string of the molecule is CCOCc1c(C(=O)OCC(=O)N(C)Cc2ccc(C)o2)oc2ccccc12. The molecule has 0 aliphatic carbocycles. The standard InChI is InChI=1S/C21H23NO6/c1-4-25-12-17-16-7-5-6-8-18(16)28-20(17)21(24)26-13-19(23)22(3)11-15-10-9-14(2)27-15/h5-10H,4,11-13H2,1-3H3. The average Bonchev–Trinajstić information content (AvgIpc) is 3.27. The van der Waals surface area contributed by atoms with Crippen LogP contribution in [0.2, 0.25) is 0 Å². The maximum Gasteiger partial charge on any atom is 0.375 e. The lowest BCUT2D eigenvalue weighted by Gasteiger charge is -2.15. The fraction of sp³-hybridized carbons (Fsp3) is 0.333. The van der Waals surface area contributed by atoms with Crippen LogP contribution < -0.4 is 0 Å². The van der Waals surface area contributed by atoms with Gasteiger partial charge in [0.25, 0.3) is 5.91 Å². The second-order valence-electron chi connectivity index (χ2n) is 6.38. The predicted octanol–water partition coefficient (Wildman–Crippen LogP) is 3.69. The lowest BCUT2D eigenvalue weighted by molar-refractivity contribution is -0.134. The van der Waals surface area contributed by atoms with Crippen molar-refractivity contribution in [3.63, 3.8) is 0 Å². The van der Waals surface area contributed by atoms with E-state index in [1.165, 1.54) is 4.90 Å². The lowest BCUT2D eigenvalue weighted by Crippen LogP contribution is -2.30. The Kier molecular flexibility index (Phi) is 6.16. The molecule has 0 aliphatic heterocycles. The summed E-state index contributed by atoms with van der Waals surface area (Å²) < 4.78 is 21.8. The molecule has 1 amide bonds. The Balaban J connectivity index is 1.66. The van der Waals surface area contributed by atoms with Crippen LogP contribution in [0, 0.1) is 6.92 Å². The molecule has 2 aromatic heterocycles.